The standard InChI is InChI=1S/C20H26N4O2S3/c1-6-8-9-24-18(26)16-12(3)13(4)29-17(16)22-20(24)28-11-15-10-27-19(21-15)23(7-2)14(5)25/h10H,6-9,11H2,1-5H3. The second kappa shape index (κ2) is 9.40. The second-order valence-electron chi connectivity index (χ2n) is 6.84. The fraction of sp³-hybridized carbons (Fsp3) is 0.500. The number of aromatic nitrogens is 3. The molecule has 0 saturated carbocycles. The van der Waals surface area contributed by atoms with Crippen molar-refractivity contribution >= 4 is 55.7 Å². The van der Waals surface area contributed by atoms with Gasteiger partial charge in [-0.3, -0.25) is 19.1 Å². The first-order valence-corrected chi connectivity index (χ1v) is 12.4. The molecule has 0 aromatic carbocycles. The van der Waals surface area contributed by atoms with Crippen molar-refractivity contribution in [3.05, 3.63) is 31.9 Å². The number of anilines is 1. The molecular formula is C20H26N4O2S3. The number of thiazole rings is 1. The fourth-order valence-electron chi connectivity index (χ4n) is 3.05. The molecule has 0 aliphatic rings. The van der Waals surface area contributed by atoms with Crippen LogP contribution in [0.1, 0.15) is 49.7 Å². The Morgan fingerprint density at radius 3 is 2.69 bits per heavy atom. The third kappa shape index (κ3) is 4.57. The van der Waals surface area contributed by atoms with Gasteiger partial charge in [-0.15, -0.1) is 22.7 Å². The summed E-state index contributed by atoms with van der Waals surface area (Å²) in [6, 6.07) is 0. The van der Waals surface area contributed by atoms with Gasteiger partial charge in [0.25, 0.3) is 5.56 Å². The van der Waals surface area contributed by atoms with E-state index in [2.05, 4.69) is 11.9 Å². The molecule has 29 heavy (non-hydrogen) atoms. The Kier molecular flexibility index (Phi) is 7.13. The summed E-state index contributed by atoms with van der Waals surface area (Å²) >= 11 is 4.58. The zero-order chi connectivity index (χ0) is 21.1. The first kappa shape index (κ1) is 22.0. The van der Waals surface area contributed by atoms with Gasteiger partial charge in [0, 0.05) is 36.0 Å². The van der Waals surface area contributed by atoms with Crippen LogP contribution in [-0.4, -0.2) is 27.0 Å². The van der Waals surface area contributed by atoms with Gasteiger partial charge >= 0.3 is 0 Å². The Balaban J connectivity index is 1.90. The first-order valence-electron chi connectivity index (χ1n) is 9.73. The molecule has 3 heterocycles. The smallest absolute Gasteiger partial charge is 0.263 e. The van der Waals surface area contributed by atoms with Gasteiger partial charge in [0.1, 0.15) is 4.83 Å². The van der Waals surface area contributed by atoms with Crippen molar-refractivity contribution in [1.82, 2.24) is 14.5 Å². The molecule has 1 amide bonds. The predicted molar refractivity (Wildman–Crippen MR) is 124 cm³/mol. The predicted octanol–water partition coefficient (Wildman–Crippen LogP) is 5.00. The van der Waals surface area contributed by atoms with E-state index in [4.69, 9.17) is 4.98 Å². The zero-order valence-corrected chi connectivity index (χ0v) is 19.9. The second-order valence-corrected chi connectivity index (χ2v) is 9.82. The molecule has 0 bridgehead atoms. The molecule has 3 aromatic rings. The molecule has 0 fully saturated rings. The van der Waals surface area contributed by atoms with Crippen LogP contribution >= 0.6 is 34.4 Å². The van der Waals surface area contributed by atoms with Gasteiger partial charge in [-0.25, -0.2) is 9.97 Å². The molecule has 0 aliphatic carbocycles. The van der Waals surface area contributed by atoms with Crippen molar-refractivity contribution in [2.24, 2.45) is 0 Å². The summed E-state index contributed by atoms with van der Waals surface area (Å²) in [5, 5.41) is 4.18. The van der Waals surface area contributed by atoms with Gasteiger partial charge in [-0.05, 0) is 32.8 Å². The summed E-state index contributed by atoms with van der Waals surface area (Å²) in [5.74, 6) is 0.601. The monoisotopic (exact) mass is 450 g/mol. The summed E-state index contributed by atoms with van der Waals surface area (Å²) in [7, 11) is 0. The average molecular weight is 451 g/mol. The van der Waals surface area contributed by atoms with E-state index < -0.39 is 0 Å². The maximum absolute atomic E-state index is 13.2. The SMILES string of the molecule is CCCCn1c(SCc2csc(N(CC)C(C)=O)n2)nc2sc(C)c(C)c2c1=O. The molecule has 0 unspecified atom stereocenters. The van der Waals surface area contributed by atoms with E-state index in [9.17, 15) is 9.59 Å². The fourth-order valence-corrected chi connectivity index (χ4v) is 6.08. The van der Waals surface area contributed by atoms with Crippen LogP contribution in [0.5, 0.6) is 0 Å². The summed E-state index contributed by atoms with van der Waals surface area (Å²) in [5.41, 5.74) is 1.99. The van der Waals surface area contributed by atoms with Crippen LogP contribution in [0.2, 0.25) is 0 Å². The highest BCUT2D eigenvalue weighted by molar-refractivity contribution is 7.98. The molecule has 6 nitrogen and oxygen atoms in total. The first-order chi connectivity index (χ1) is 13.9. The number of carbonyl (C=O) groups is 1. The molecular weight excluding hydrogens is 424 g/mol. The van der Waals surface area contributed by atoms with Crippen LogP contribution in [-0.2, 0) is 17.1 Å². The number of carbonyl (C=O) groups excluding carboxylic acids is 1. The van der Waals surface area contributed by atoms with E-state index in [-0.39, 0.29) is 11.5 Å². The maximum Gasteiger partial charge on any atom is 0.263 e. The minimum atomic E-state index is -0.00925. The normalized spacial score (nSPS) is 11.3. The summed E-state index contributed by atoms with van der Waals surface area (Å²) in [6.45, 7) is 10.9. The summed E-state index contributed by atoms with van der Waals surface area (Å²) in [4.78, 5) is 38.0. The van der Waals surface area contributed by atoms with Crippen LogP contribution in [0.15, 0.2) is 15.3 Å². The number of fused-ring (bicyclic) bond motifs is 1. The van der Waals surface area contributed by atoms with Gasteiger partial charge in [0.2, 0.25) is 5.91 Å². The highest BCUT2D eigenvalue weighted by Gasteiger charge is 2.18. The van der Waals surface area contributed by atoms with Crippen LogP contribution in [0.3, 0.4) is 0 Å². The van der Waals surface area contributed by atoms with E-state index in [1.807, 2.05) is 30.7 Å². The average Bonchev–Trinajstić information content (AvgIpc) is 3.24. The molecule has 0 aliphatic heterocycles. The third-order valence-corrected chi connectivity index (χ3v) is 7.83. The Morgan fingerprint density at radius 1 is 1.28 bits per heavy atom. The molecule has 0 atom stereocenters. The van der Waals surface area contributed by atoms with Crippen LogP contribution in [0.25, 0.3) is 10.2 Å². The van der Waals surface area contributed by atoms with Crippen molar-refractivity contribution < 1.29 is 4.79 Å². The molecule has 0 radical (unpaired) electrons. The van der Waals surface area contributed by atoms with Crippen molar-refractivity contribution in [3.63, 3.8) is 0 Å². The van der Waals surface area contributed by atoms with E-state index in [1.165, 1.54) is 23.1 Å². The molecule has 0 spiro atoms. The van der Waals surface area contributed by atoms with Crippen LogP contribution < -0.4 is 10.5 Å². The van der Waals surface area contributed by atoms with Gasteiger partial charge < -0.3 is 0 Å². The minimum absolute atomic E-state index is 0.00925. The summed E-state index contributed by atoms with van der Waals surface area (Å²) in [6.07, 6.45) is 1.96. The number of nitrogens with zero attached hydrogens (tertiary/aromatic N) is 4. The van der Waals surface area contributed by atoms with E-state index >= 15 is 0 Å². The zero-order valence-electron chi connectivity index (χ0n) is 17.4. The molecule has 3 rings (SSSR count). The number of aryl methyl sites for hydroxylation is 2. The molecule has 156 valence electrons. The topological polar surface area (TPSA) is 68.1 Å². The van der Waals surface area contributed by atoms with E-state index in [0.29, 0.717) is 24.0 Å². The Hall–Kier alpha value is -1.71. The maximum atomic E-state index is 13.2. The Labute approximate surface area is 183 Å². The van der Waals surface area contributed by atoms with Crippen molar-refractivity contribution in [2.75, 3.05) is 11.4 Å². The highest BCUT2D eigenvalue weighted by Crippen LogP contribution is 2.30. The van der Waals surface area contributed by atoms with Crippen molar-refractivity contribution in [3.8, 4) is 0 Å². The van der Waals surface area contributed by atoms with Crippen molar-refractivity contribution in [2.45, 2.75) is 64.9 Å². The number of hydrogen-bond acceptors (Lipinski definition) is 7. The Morgan fingerprint density at radius 2 is 2.03 bits per heavy atom. The quantitative estimate of drug-likeness (QED) is 0.357. The van der Waals surface area contributed by atoms with E-state index in [0.717, 1.165) is 44.3 Å². The molecule has 0 saturated heterocycles. The molecule has 9 heteroatoms. The lowest BCUT2D eigenvalue weighted by Crippen LogP contribution is -2.27. The molecule has 3 aromatic heterocycles. The third-order valence-electron chi connectivity index (χ3n) is 4.81. The number of thiophene rings is 1. The van der Waals surface area contributed by atoms with E-state index in [1.54, 1.807) is 23.2 Å². The number of hydrogen-bond donors (Lipinski definition) is 0. The van der Waals surface area contributed by atoms with Gasteiger partial charge in [0.05, 0.1) is 11.1 Å². The van der Waals surface area contributed by atoms with Gasteiger partial charge in [-0.1, -0.05) is 25.1 Å². The largest absolute Gasteiger partial charge is 0.289 e. The number of rotatable bonds is 8. The lowest BCUT2D eigenvalue weighted by Gasteiger charge is -2.14. The number of thioether (sulfide) groups is 1. The highest BCUT2D eigenvalue weighted by atomic mass is 32.2. The number of unbranched alkanes of at least 4 members (excludes halogenated alkanes) is 1. The van der Waals surface area contributed by atoms with Gasteiger partial charge in [0.15, 0.2) is 10.3 Å². The van der Waals surface area contributed by atoms with Crippen LogP contribution in [0, 0.1) is 13.8 Å². The lowest BCUT2D eigenvalue weighted by molar-refractivity contribution is -0.116. The lowest BCUT2D eigenvalue weighted by atomic mass is 10.2. The van der Waals surface area contributed by atoms with Crippen molar-refractivity contribution in [1.29, 1.82) is 0 Å². The Bertz CT molecular complexity index is 1080. The molecule has 0 N–H and O–H groups in total. The minimum Gasteiger partial charge on any atom is -0.289 e. The summed E-state index contributed by atoms with van der Waals surface area (Å²) < 4.78 is 1.82. The number of amides is 1. The van der Waals surface area contributed by atoms with Crippen LogP contribution in [0.4, 0.5) is 5.13 Å². The van der Waals surface area contributed by atoms with Gasteiger partial charge in [-0.2, -0.15) is 0 Å².